The fraction of sp³-hybridized carbons (Fsp3) is 0.385. The number of hydrogen-bond acceptors (Lipinski definition) is 3. The van der Waals surface area contributed by atoms with Crippen molar-refractivity contribution in [3.8, 4) is 0 Å². The second-order valence-electron chi connectivity index (χ2n) is 4.65. The highest BCUT2D eigenvalue weighted by molar-refractivity contribution is 6.00. The van der Waals surface area contributed by atoms with Crippen molar-refractivity contribution in [2.24, 2.45) is 5.41 Å². The predicted octanol–water partition coefficient (Wildman–Crippen LogP) is 2.07. The summed E-state index contributed by atoms with van der Waals surface area (Å²) in [5.41, 5.74) is 0.531. The van der Waals surface area contributed by atoms with Crippen LogP contribution < -0.4 is 0 Å². The molecule has 0 radical (unpaired) electrons. The van der Waals surface area contributed by atoms with E-state index in [0.717, 1.165) is 11.1 Å². The van der Waals surface area contributed by atoms with E-state index in [2.05, 4.69) is 0 Å². The molecule has 0 aliphatic carbocycles. The molecule has 1 aliphatic rings. The van der Waals surface area contributed by atoms with Gasteiger partial charge < -0.3 is 9.84 Å². The van der Waals surface area contributed by atoms with Gasteiger partial charge in [-0.25, -0.2) is 0 Å². The first-order valence-corrected chi connectivity index (χ1v) is 5.44. The molecule has 1 aromatic rings. The third-order valence-electron chi connectivity index (χ3n) is 3.21. The van der Waals surface area contributed by atoms with Crippen LogP contribution in [-0.2, 0) is 14.3 Å². The van der Waals surface area contributed by atoms with Gasteiger partial charge >= 0.3 is 11.9 Å². The van der Waals surface area contributed by atoms with Crippen molar-refractivity contribution in [3.63, 3.8) is 0 Å². The molecule has 17 heavy (non-hydrogen) atoms. The Morgan fingerprint density at radius 2 is 2.00 bits per heavy atom. The standard InChI is InChI=1S/C13H14O4/c1-8-3-5-9(6-4-8)10-7-13(2,11(14)15)12(16)17-10/h3-6,10H,7H2,1-2H3,(H,14,15)/t10-,13+/m0/s1. The molecule has 0 unspecified atom stereocenters. The van der Waals surface area contributed by atoms with Gasteiger partial charge in [0, 0.05) is 6.42 Å². The number of ether oxygens (including phenoxy) is 1. The van der Waals surface area contributed by atoms with Gasteiger partial charge in [0.05, 0.1) is 0 Å². The zero-order valence-electron chi connectivity index (χ0n) is 9.77. The van der Waals surface area contributed by atoms with Gasteiger partial charge in [0.1, 0.15) is 6.10 Å². The number of cyclic esters (lactones) is 1. The van der Waals surface area contributed by atoms with Crippen molar-refractivity contribution in [1.29, 1.82) is 0 Å². The van der Waals surface area contributed by atoms with Crippen LogP contribution in [0.3, 0.4) is 0 Å². The third-order valence-corrected chi connectivity index (χ3v) is 3.21. The van der Waals surface area contributed by atoms with Crippen LogP contribution in [0.2, 0.25) is 0 Å². The Kier molecular flexibility index (Phi) is 2.65. The first-order chi connectivity index (χ1) is 7.93. The third kappa shape index (κ3) is 1.90. The Morgan fingerprint density at radius 3 is 2.47 bits per heavy atom. The molecule has 4 nitrogen and oxygen atoms in total. The monoisotopic (exact) mass is 234 g/mol. The fourth-order valence-electron chi connectivity index (χ4n) is 1.90. The van der Waals surface area contributed by atoms with Crippen molar-refractivity contribution < 1.29 is 19.4 Å². The molecule has 1 fully saturated rings. The van der Waals surface area contributed by atoms with E-state index in [1.165, 1.54) is 6.92 Å². The number of carbonyl (C=O) groups is 2. The van der Waals surface area contributed by atoms with Crippen LogP contribution in [0.25, 0.3) is 0 Å². The van der Waals surface area contributed by atoms with E-state index in [-0.39, 0.29) is 6.42 Å². The summed E-state index contributed by atoms with van der Waals surface area (Å²) in [6.07, 6.45) is -0.270. The molecule has 2 rings (SSSR count). The van der Waals surface area contributed by atoms with Crippen molar-refractivity contribution in [1.82, 2.24) is 0 Å². The Morgan fingerprint density at radius 1 is 1.41 bits per heavy atom. The maximum absolute atomic E-state index is 11.6. The Balaban J connectivity index is 2.25. The minimum absolute atomic E-state index is 0.185. The lowest BCUT2D eigenvalue weighted by Crippen LogP contribution is -2.31. The van der Waals surface area contributed by atoms with Gasteiger partial charge in [-0.05, 0) is 19.4 Å². The molecule has 4 heteroatoms. The molecule has 0 saturated carbocycles. The van der Waals surface area contributed by atoms with Crippen LogP contribution in [-0.4, -0.2) is 17.0 Å². The average Bonchev–Trinajstić information content (AvgIpc) is 2.58. The molecule has 0 aromatic heterocycles. The summed E-state index contributed by atoms with van der Waals surface area (Å²) in [4.78, 5) is 22.6. The SMILES string of the molecule is Cc1ccc([C@@H]2C[C@](C)(C(=O)O)C(=O)O2)cc1. The van der Waals surface area contributed by atoms with E-state index in [1.807, 2.05) is 31.2 Å². The van der Waals surface area contributed by atoms with Crippen LogP contribution in [0.4, 0.5) is 0 Å². The summed E-state index contributed by atoms with van der Waals surface area (Å²) < 4.78 is 5.14. The molecule has 1 aliphatic heterocycles. The first kappa shape index (κ1) is 11.6. The van der Waals surface area contributed by atoms with Crippen molar-refractivity contribution in [3.05, 3.63) is 35.4 Å². The number of carboxylic acids is 1. The number of carbonyl (C=O) groups excluding carboxylic acids is 1. The van der Waals surface area contributed by atoms with Gasteiger partial charge in [0.15, 0.2) is 5.41 Å². The molecule has 0 spiro atoms. The summed E-state index contributed by atoms with van der Waals surface area (Å²) in [6.45, 7) is 3.37. The van der Waals surface area contributed by atoms with Crippen molar-refractivity contribution >= 4 is 11.9 Å². The Labute approximate surface area is 99.2 Å². The fourth-order valence-corrected chi connectivity index (χ4v) is 1.90. The smallest absolute Gasteiger partial charge is 0.323 e. The van der Waals surface area contributed by atoms with Gasteiger partial charge in [-0.2, -0.15) is 0 Å². The Bertz CT molecular complexity index is 463. The lowest BCUT2D eigenvalue weighted by atomic mass is 9.86. The van der Waals surface area contributed by atoms with E-state index in [4.69, 9.17) is 9.84 Å². The molecule has 90 valence electrons. The second-order valence-corrected chi connectivity index (χ2v) is 4.65. The molecule has 1 N–H and O–H groups in total. The zero-order chi connectivity index (χ0) is 12.6. The van der Waals surface area contributed by atoms with Gasteiger partial charge in [0.25, 0.3) is 0 Å². The summed E-state index contributed by atoms with van der Waals surface area (Å²) >= 11 is 0. The number of rotatable bonds is 2. The van der Waals surface area contributed by atoms with Crippen LogP contribution >= 0.6 is 0 Å². The minimum Gasteiger partial charge on any atom is -0.480 e. The molecule has 1 saturated heterocycles. The minimum atomic E-state index is -1.42. The van der Waals surface area contributed by atoms with Crippen LogP contribution in [0, 0.1) is 12.3 Å². The summed E-state index contributed by atoms with van der Waals surface area (Å²) in [7, 11) is 0. The van der Waals surface area contributed by atoms with E-state index >= 15 is 0 Å². The Hall–Kier alpha value is -1.84. The normalized spacial score (nSPS) is 27.9. The first-order valence-electron chi connectivity index (χ1n) is 5.44. The lowest BCUT2D eigenvalue weighted by molar-refractivity contribution is -0.159. The number of aryl methyl sites for hydroxylation is 1. The summed E-state index contributed by atoms with van der Waals surface area (Å²) in [6, 6.07) is 7.56. The van der Waals surface area contributed by atoms with Gasteiger partial charge in [-0.15, -0.1) is 0 Å². The molecule has 2 atom stereocenters. The zero-order valence-corrected chi connectivity index (χ0v) is 9.77. The van der Waals surface area contributed by atoms with Crippen LogP contribution in [0.1, 0.15) is 30.6 Å². The van der Waals surface area contributed by atoms with Crippen LogP contribution in [0.15, 0.2) is 24.3 Å². The molecule has 0 amide bonds. The molecule has 1 aromatic carbocycles. The predicted molar refractivity (Wildman–Crippen MR) is 60.4 cm³/mol. The van der Waals surface area contributed by atoms with Crippen LogP contribution in [0.5, 0.6) is 0 Å². The number of esters is 1. The quantitative estimate of drug-likeness (QED) is 0.628. The summed E-state index contributed by atoms with van der Waals surface area (Å²) in [5.74, 6) is -1.78. The van der Waals surface area contributed by atoms with E-state index in [1.54, 1.807) is 0 Å². The highest BCUT2D eigenvalue weighted by Crippen LogP contribution is 2.41. The molecular formula is C13H14O4. The van der Waals surface area contributed by atoms with Crippen molar-refractivity contribution in [2.45, 2.75) is 26.4 Å². The molecular weight excluding hydrogens is 220 g/mol. The average molecular weight is 234 g/mol. The van der Waals surface area contributed by atoms with Gasteiger partial charge in [-0.3, -0.25) is 9.59 Å². The highest BCUT2D eigenvalue weighted by Gasteiger charge is 2.51. The number of hydrogen-bond donors (Lipinski definition) is 1. The number of carboxylic acid groups (broad SMARTS) is 1. The summed E-state index contributed by atoms with van der Waals surface area (Å²) in [5, 5.41) is 9.05. The molecule has 0 bridgehead atoms. The van der Waals surface area contributed by atoms with E-state index in [9.17, 15) is 9.59 Å². The highest BCUT2D eigenvalue weighted by atomic mass is 16.6. The van der Waals surface area contributed by atoms with Crippen molar-refractivity contribution in [2.75, 3.05) is 0 Å². The number of benzene rings is 1. The van der Waals surface area contributed by atoms with E-state index < -0.39 is 23.5 Å². The molecule has 1 heterocycles. The van der Waals surface area contributed by atoms with Gasteiger partial charge in [-0.1, -0.05) is 29.8 Å². The van der Waals surface area contributed by atoms with E-state index in [0.29, 0.717) is 0 Å². The maximum atomic E-state index is 11.6. The number of aliphatic carboxylic acids is 1. The maximum Gasteiger partial charge on any atom is 0.323 e. The van der Waals surface area contributed by atoms with Gasteiger partial charge in [0.2, 0.25) is 0 Å². The topological polar surface area (TPSA) is 63.6 Å². The largest absolute Gasteiger partial charge is 0.480 e. The lowest BCUT2D eigenvalue weighted by Gasteiger charge is -2.12. The second kappa shape index (κ2) is 3.87.